The molecule has 0 aromatic heterocycles. The van der Waals surface area contributed by atoms with Gasteiger partial charge in [0.1, 0.15) is 11.4 Å². The Balaban J connectivity index is 1.65. The molecule has 1 heterocycles. The number of hydrogen-bond acceptors (Lipinski definition) is 8. The molecule has 0 spiro atoms. The second-order valence-corrected chi connectivity index (χ2v) is 6.46. The molecule has 0 N–H and O–H groups in total. The first kappa shape index (κ1) is 22.1. The van der Waals surface area contributed by atoms with Crippen LogP contribution in [0.25, 0.3) is 0 Å². The number of benzene rings is 2. The molecule has 2 aromatic rings. The Hall–Kier alpha value is -3.60. The number of nitro benzene ring substituents is 1. The van der Waals surface area contributed by atoms with Gasteiger partial charge in [-0.25, -0.2) is 4.79 Å². The highest BCUT2D eigenvalue weighted by Crippen LogP contribution is 2.30. The van der Waals surface area contributed by atoms with Gasteiger partial charge in [-0.3, -0.25) is 14.9 Å². The monoisotopic (exact) mass is 436 g/mol. The summed E-state index contributed by atoms with van der Waals surface area (Å²) in [4.78, 5) is 37.1. The van der Waals surface area contributed by atoms with Crippen LogP contribution in [0.3, 0.4) is 0 Å². The van der Waals surface area contributed by atoms with E-state index < -0.39 is 29.9 Å². The van der Waals surface area contributed by atoms with E-state index in [2.05, 4.69) is 4.74 Å². The van der Waals surface area contributed by atoms with Crippen molar-refractivity contribution in [3.8, 4) is 5.75 Å². The van der Waals surface area contributed by atoms with Gasteiger partial charge >= 0.3 is 12.6 Å². The fraction of sp³-hybridized carbons (Fsp3) is 0.300. The van der Waals surface area contributed by atoms with Crippen LogP contribution in [0.2, 0.25) is 0 Å². The summed E-state index contributed by atoms with van der Waals surface area (Å²) in [6.45, 7) is -1.74. The number of anilines is 1. The minimum absolute atomic E-state index is 0.0720. The van der Waals surface area contributed by atoms with Crippen molar-refractivity contribution >= 4 is 23.1 Å². The minimum Gasteiger partial charge on any atom is -0.454 e. The van der Waals surface area contributed by atoms with Gasteiger partial charge in [-0.2, -0.15) is 8.78 Å². The standard InChI is InChI=1S/C20H18F2N2O7/c21-20(22)31-15-4-1-13(2-5-15)18(25)12-30-19(26)14-3-6-16(17(11-14)24(27)28)23-7-9-29-10-8-23/h1-6,11,20H,7-10,12H2. The predicted octanol–water partition coefficient (Wildman–Crippen LogP) is 3.07. The second-order valence-electron chi connectivity index (χ2n) is 6.46. The zero-order valence-electron chi connectivity index (χ0n) is 16.2. The lowest BCUT2D eigenvalue weighted by Gasteiger charge is -2.28. The third-order valence-corrected chi connectivity index (χ3v) is 4.50. The fourth-order valence-electron chi connectivity index (χ4n) is 2.99. The van der Waals surface area contributed by atoms with E-state index in [-0.39, 0.29) is 22.6 Å². The van der Waals surface area contributed by atoms with Gasteiger partial charge in [0.25, 0.3) is 5.69 Å². The van der Waals surface area contributed by atoms with Crippen molar-refractivity contribution in [3.05, 3.63) is 63.7 Å². The van der Waals surface area contributed by atoms with E-state index in [0.717, 1.165) is 6.07 Å². The van der Waals surface area contributed by atoms with Crippen molar-refractivity contribution in [3.63, 3.8) is 0 Å². The highest BCUT2D eigenvalue weighted by atomic mass is 19.3. The van der Waals surface area contributed by atoms with Crippen LogP contribution < -0.4 is 9.64 Å². The van der Waals surface area contributed by atoms with Gasteiger partial charge in [-0.05, 0) is 36.4 Å². The van der Waals surface area contributed by atoms with Crippen LogP contribution in [-0.2, 0) is 9.47 Å². The summed E-state index contributed by atoms with van der Waals surface area (Å²) in [5.41, 5.74) is 0.171. The number of carbonyl (C=O) groups excluding carboxylic acids is 2. The Morgan fingerprint density at radius 3 is 2.35 bits per heavy atom. The van der Waals surface area contributed by atoms with Crippen LogP contribution in [0, 0.1) is 10.1 Å². The van der Waals surface area contributed by atoms with E-state index >= 15 is 0 Å². The van der Waals surface area contributed by atoms with Gasteiger partial charge in [-0.1, -0.05) is 0 Å². The topological polar surface area (TPSA) is 108 Å². The Morgan fingerprint density at radius 1 is 1.10 bits per heavy atom. The van der Waals surface area contributed by atoms with Crippen molar-refractivity contribution in [2.75, 3.05) is 37.8 Å². The lowest BCUT2D eigenvalue weighted by molar-refractivity contribution is -0.384. The molecular formula is C20H18F2N2O7. The Bertz CT molecular complexity index is 961. The van der Waals surface area contributed by atoms with Gasteiger partial charge in [0.2, 0.25) is 0 Å². The number of rotatable bonds is 8. The van der Waals surface area contributed by atoms with Crippen LogP contribution in [0.1, 0.15) is 20.7 Å². The van der Waals surface area contributed by atoms with Crippen LogP contribution in [0.5, 0.6) is 5.75 Å². The van der Waals surface area contributed by atoms with E-state index in [4.69, 9.17) is 9.47 Å². The molecule has 0 radical (unpaired) electrons. The summed E-state index contributed by atoms with van der Waals surface area (Å²) in [5, 5.41) is 11.5. The largest absolute Gasteiger partial charge is 0.454 e. The highest BCUT2D eigenvalue weighted by molar-refractivity contribution is 5.99. The number of Topliss-reactive ketones (excluding diaryl/α,β-unsaturated/α-hetero) is 1. The number of halogens is 2. The summed E-state index contributed by atoms with van der Waals surface area (Å²) in [6.07, 6.45) is 0. The average Bonchev–Trinajstić information content (AvgIpc) is 2.77. The number of ketones is 1. The number of nitro groups is 1. The smallest absolute Gasteiger partial charge is 0.387 e. The highest BCUT2D eigenvalue weighted by Gasteiger charge is 2.24. The Morgan fingerprint density at radius 2 is 1.74 bits per heavy atom. The van der Waals surface area contributed by atoms with E-state index in [0.29, 0.717) is 32.0 Å². The normalized spacial score (nSPS) is 13.7. The SMILES string of the molecule is O=C(COC(=O)c1ccc(N2CCOCC2)c([N+](=O)[O-])c1)c1ccc(OC(F)F)cc1. The minimum atomic E-state index is -2.99. The lowest BCUT2D eigenvalue weighted by Crippen LogP contribution is -2.36. The molecule has 1 fully saturated rings. The average molecular weight is 436 g/mol. The molecule has 11 heteroatoms. The molecule has 0 amide bonds. The summed E-state index contributed by atoms with van der Waals surface area (Å²) in [6, 6.07) is 8.86. The molecule has 1 aliphatic rings. The number of esters is 1. The molecule has 9 nitrogen and oxygen atoms in total. The van der Waals surface area contributed by atoms with Gasteiger partial charge in [0.15, 0.2) is 12.4 Å². The number of nitrogens with zero attached hydrogens (tertiary/aromatic N) is 2. The number of carbonyl (C=O) groups is 2. The van der Waals surface area contributed by atoms with E-state index in [9.17, 15) is 28.5 Å². The van der Waals surface area contributed by atoms with Gasteiger partial charge in [-0.15, -0.1) is 0 Å². The van der Waals surface area contributed by atoms with Crippen LogP contribution in [-0.4, -0.2) is 56.2 Å². The number of hydrogen-bond donors (Lipinski definition) is 0. The third kappa shape index (κ3) is 5.72. The van der Waals surface area contributed by atoms with E-state index in [1.807, 2.05) is 0 Å². The molecule has 31 heavy (non-hydrogen) atoms. The predicted molar refractivity (Wildman–Crippen MR) is 104 cm³/mol. The summed E-state index contributed by atoms with van der Waals surface area (Å²) < 4.78 is 38.7. The molecule has 1 saturated heterocycles. The molecule has 0 unspecified atom stereocenters. The molecule has 164 valence electrons. The molecule has 3 rings (SSSR count). The van der Waals surface area contributed by atoms with Crippen molar-refractivity contribution in [2.24, 2.45) is 0 Å². The summed E-state index contributed by atoms with van der Waals surface area (Å²) in [5.74, 6) is -1.59. The molecule has 0 bridgehead atoms. The fourth-order valence-corrected chi connectivity index (χ4v) is 2.99. The van der Waals surface area contributed by atoms with Crippen molar-refractivity contribution in [1.29, 1.82) is 0 Å². The Kier molecular flexibility index (Phi) is 7.08. The van der Waals surface area contributed by atoms with Crippen molar-refractivity contribution in [1.82, 2.24) is 0 Å². The van der Waals surface area contributed by atoms with E-state index in [1.165, 1.54) is 36.4 Å². The van der Waals surface area contributed by atoms with E-state index in [1.54, 1.807) is 4.90 Å². The molecular weight excluding hydrogens is 418 g/mol. The van der Waals surface area contributed by atoms with Gasteiger partial charge in [0.05, 0.1) is 23.7 Å². The van der Waals surface area contributed by atoms with Gasteiger partial charge < -0.3 is 19.1 Å². The zero-order valence-corrected chi connectivity index (χ0v) is 16.2. The molecule has 2 aromatic carbocycles. The summed E-state index contributed by atoms with van der Waals surface area (Å²) in [7, 11) is 0. The number of ether oxygens (including phenoxy) is 3. The molecule has 1 aliphatic heterocycles. The molecule has 0 aliphatic carbocycles. The van der Waals surface area contributed by atoms with Crippen molar-refractivity contribution in [2.45, 2.75) is 6.61 Å². The molecule has 0 saturated carbocycles. The van der Waals surface area contributed by atoms with Crippen molar-refractivity contribution < 1.29 is 37.5 Å². The third-order valence-electron chi connectivity index (χ3n) is 4.50. The lowest BCUT2D eigenvalue weighted by atomic mass is 10.1. The van der Waals surface area contributed by atoms with Crippen LogP contribution in [0.4, 0.5) is 20.2 Å². The van der Waals surface area contributed by atoms with Crippen LogP contribution in [0.15, 0.2) is 42.5 Å². The maximum Gasteiger partial charge on any atom is 0.387 e. The second kappa shape index (κ2) is 9.94. The first-order chi connectivity index (χ1) is 14.8. The van der Waals surface area contributed by atoms with Crippen LogP contribution >= 0.6 is 0 Å². The first-order valence-electron chi connectivity index (χ1n) is 9.21. The first-order valence-corrected chi connectivity index (χ1v) is 9.21. The quantitative estimate of drug-likeness (QED) is 0.269. The summed E-state index contributed by atoms with van der Waals surface area (Å²) >= 11 is 0. The zero-order chi connectivity index (χ0) is 22.4. The Labute approximate surface area is 175 Å². The maximum absolute atomic E-state index is 12.3. The molecule has 0 atom stereocenters. The van der Waals surface area contributed by atoms with Gasteiger partial charge in [0, 0.05) is 24.7 Å². The number of morpholine rings is 1. The maximum atomic E-state index is 12.3. The number of alkyl halides is 2.